The van der Waals surface area contributed by atoms with Crippen LogP contribution in [0.3, 0.4) is 0 Å². The molecule has 0 saturated carbocycles. The molecule has 3 rings (SSSR count). The van der Waals surface area contributed by atoms with Gasteiger partial charge in [0, 0.05) is 25.7 Å². The topological polar surface area (TPSA) is 84.9 Å². The summed E-state index contributed by atoms with van der Waals surface area (Å²) in [5.41, 5.74) is 1.32. The minimum absolute atomic E-state index is 0.0891. The molecule has 0 aromatic heterocycles. The van der Waals surface area contributed by atoms with Gasteiger partial charge in [0.1, 0.15) is 0 Å². The molecule has 1 aliphatic heterocycles. The first-order chi connectivity index (χ1) is 16.3. The summed E-state index contributed by atoms with van der Waals surface area (Å²) in [4.78, 5) is 12.4. The summed E-state index contributed by atoms with van der Waals surface area (Å²) in [5.74, 6) is -0.320. The highest BCUT2D eigenvalue weighted by molar-refractivity contribution is 7.89. The second kappa shape index (κ2) is 11.9. The van der Waals surface area contributed by atoms with E-state index in [-0.39, 0.29) is 28.8 Å². The van der Waals surface area contributed by atoms with Gasteiger partial charge < -0.3 is 14.8 Å². The molecule has 2 aromatic rings. The molecule has 0 unspecified atom stereocenters. The number of benzene rings is 2. The van der Waals surface area contributed by atoms with E-state index in [1.807, 2.05) is 0 Å². The van der Waals surface area contributed by atoms with Crippen LogP contribution in [0, 0.1) is 0 Å². The van der Waals surface area contributed by atoms with E-state index < -0.39 is 16.6 Å². The Balaban J connectivity index is 1.57. The summed E-state index contributed by atoms with van der Waals surface area (Å²) in [5, 5.41) is 2.69. The molecule has 1 N–H and O–H groups in total. The van der Waals surface area contributed by atoms with Crippen LogP contribution in [0.2, 0.25) is 0 Å². The molecule has 0 atom stereocenters. The van der Waals surface area contributed by atoms with Crippen molar-refractivity contribution in [3.05, 3.63) is 59.7 Å². The maximum Gasteiger partial charge on any atom is 0.387 e. The fraction of sp³-hybridized carbons (Fsp3) is 0.375. The number of hydrogen-bond donors (Lipinski definition) is 1. The molecule has 0 spiro atoms. The van der Waals surface area contributed by atoms with Crippen LogP contribution >= 0.6 is 0 Å². The van der Waals surface area contributed by atoms with Gasteiger partial charge in [0.2, 0.25) is 15.9 Å². The normalized spacial score (nSPS) is 15.3. The molecule has 34 heavy (non-hydrogen) atoms. The summed E-state index contributed by atoms with van der Waals surface area (Å²) in [6, 6.07) is 10.8. The third kappa shape index (κ3) is 7.01. The Hall–Kier alpha value is -2.98. The zero-order valence-corrected chi connectivity index (χ0v) is 19.7. The lowest BCUT2D eigenvalue weighted by atomic mass is 10.2. The highest BCUT2D eigenvalue weighted by atomic mass is 32.2. The van der Waals surface area contributed by atoms with Crippen molar-refractivity contribution >= 4 is 22.0 Å². The van der Waals surface area contributed by atoms with Gasteiger partial charge in [-0.2, -0.15) is 13.1 Å². The summed E-state index contributed by atoms with van der Waals surface area (Å²) < 4.78 is 61.5. The van der Waals surface area contributed by atoms with Crippen LogP contribution in [-0.4, -0.2) is 45.4 Å². The number of halogens is 2. The maximum absolute atomic E-state index is 12.8. The molecule has 184 valence electrons. The van der Waals surface area contributed by atoms with Gasteiger partial charge in [0.05, 0.1) is 12.0 Å². The van der Waals surface area contributed by atoms with E-state index in [1.54, 1.807) is 40.7 Å². The molecule has 1 saturated heterocycles. The second-order valence-corrected chi connectivity index (χ2v) is 9.74. The van der Waals surface area contributed by atoms with Crippen LogP contribution in [0.25, 0.3) is 6.08 Å². The Labute approximate surface area is 198 Å². The molecule has 0 bridgehead atoms. The number of ether oxygens (including phenoxy) is 2. The van der Waals surface area contributed by atoms with E-state index in [1.165, 1.54) is 25.3 Å². The van der Waals surface area contributed by atoms with Gasteiger partial charge in [0.15, 0.2) is 11.5 Å². The molecule has 1 heterocycles. The number of amides is 1. The predicted molar refractivity (Wildman–Crippen MR) is 124 cm³/mol. The van der Waals surface area contributed by atoms with E-state index in [0.29, 0.717) is 24.2 Å². The third-order valence-corrected chi connectivity index (χ3v) is 7.33. The Kier molecular flexibility index (Phi) is 9.00. The van der Waals surface area contributed by atoms with Gasteiger partial charge in [-0.25, -0.2) is 8.42 Å². The molecule has 7 nitrogen and oxygen atoms in total. The molecule has 1 aliphatic rings. The zero-order valence-electron chi connectivity index (χ0n) is 18.9. The molecule has 1 amide bonds. The van der Waals surface area contributed by atoms with Crippen molar-refractivity contribution in [1.82, 2.24) is 9.62 Å². The van der Waals surface area contributed by atoms with Crippen molar-refractivity contribution in [2.24, 2.45) is 0 Å². The third-order valence-electron chi connectivity index (χ3n) is 5.42. The minimum atomic E-state index is -3.52. The van der Waals surface area contributed by atoms with Gasteiger partial charge in [-0.05, 0) is 54.3 Å². The maximum atomic E-state index is 12.8. The molecule has 1 fully saturated rings. The van der Waals surface area contributed by atoms with E-state index in [0.717, 1.165) is 25.7 Å². The molecule has 0 aliphatic carbocycles. The number of hydrogen-bond acceptors (Lipinski definition) is 5. The first-order valence-corrected chi connectivity index (χ1v) is 12.4. The molecule has 10 heteroatoms. The quantitative estimate of drug-likeness (QED) is 0.529. The summed E-state index contributed by atoms with van der Waals surface area (Å²) in [7, 11) is -2.18. The summed E-state index contributed by atoms with van der Waals surface area (Å²) >= 11 is 0. The van der Waals surface area contributed by atoms with E-state index >= 15 is 0 Å². The first kappa shape index (κ1) is 25.6. The van der Waals surface area contributed by atoms with Gasteiger partial charge in [0.25, 0.3) is 0 Å². The van der Waals surface area contributed by atoms with Crippen LogP contribution in [0.4, 0.5) is 8.78 Å². The lowest BCUT2D eigenvalue weighted by Crippen LogP contribution is -2.31. The molecule has 2 aromatic carbocycles. The van der Waals surface area contributed by atoms with Gasteiger partial charge >= 0.3 is 6.61 Å². The van der Waals surface area contributed by atoms with Crippen LogP contribution in [0.15, 0.2) is 53.4 Å². The van der Waals surface area contributed by atoms with E-state index in [4.69, 9.17) is 4.74 Å². The fourth-order valence-electron chi connectivity index (χ4n) is 3.62. The van der Waals surface area contributed by atoms with Gasteiger partial charge in [-0.1, -0.05) is 31.0 Å². The Morgan fingerprint density at radius 3 is 2.35 bits per heavy atom. The van der Waals surface area contributed by atoms with Crippen LogP contribution < -0.4 is 14.8 Å². The Bertz CT molecular complexity index is 1100. The molecular weight excluding hydrogens is 466 g/mol. The molecular formula is C24H28F2N2O5S. The SMILES string of the molecule is COc1cc(CNC(=O)/C=C/c2ccc(S(=O)(=O)N3CCCCCC3)cc2)ccc1OC(F)F. The highest BCUT2D eigenvalue weighted by Crippen LogP contribution is 2.29. The van der Waals surface area contributed by atoms with Crippen LogP contribution in [-0.2, 0) is 21.4 Å². The van der Waals surface area contributed by atoms with Gasteiger partial charge in [-0.15, -0.1) is 0 Å². The smallest absolute Gasteiger partial charge is 0.387 e. The van der Waals surface area contributed by atoms with Crippen molar-refractivity contribution < 1.29 is 31.5 Å². The standard InChI is InChI=1S/C24H28F2N2O5S/c1-32-22-16-19(8-12-21(22)33-24(25)26)17-27-23(29)13-9-18-6-10-20(11-7-18)34(30,31)28-14-4-2-3-5-15-28/h6-13,16,24H,2-5,14-15,17H2,1H3,(H,27,29)/b13-9+. The fourth-order valence-corrected chi connectivity index (χ4v) is 5.13. The van der Waals surface area contributed by atoms with Crippen molar-refractivity contribution in [3.63, 3.8) is 0 Å². The number of sulfonamides is 1. The van der Waals surface area contributed by atoms with Crippen LogP contribution in [0.1, 0.15) is 36.8 Å². The summed E-state index contributed by atoms with van der Waals surface area (Å²) in [6.45, 7) is -1.73. The van der Waals surface area contributed by atoms with Gasteiger partial charge in [-0.3, -0.25) is 4.79 Å². The van der Waals surface area contributed by atoms with Crippen molar-refractivity contribution in [3.8, 4) is 11.5 Å². The van der Waals surface area contributed by atoms with E-state index in [9.17, 15) is 22.0 Å². The number of carbonyl (C=O) groups excluding carboxylic acids is 1. The minimum Gasteiger partial charge on any atom is -0.493 e. The first-order valence-electron chi connectivity index (χ1n) is 11.0. The van der Waals surface area contributed by atoms with E-state index in [2.05, 4.69) is 10.1 Å². The van der Waals surface area contributed by atoms with Crippen molar-refractivity contribution in [2.45, 2.75) is 43.7 Å². The number of nitrogens with zero attached hydrogens (tertiary/aromatic N) is 1. The lowest BCUT2D eigenvalue weighted by Gasteiger charge is -2.19. The molecule has 0 radical (unpaired) electrons. The average molecular weight is 495 g/mol. The number of rotatable bonds is 9. The Morgan fingerprint density at radius 2 is 1.74 bits per heavy atom. The Morgan fingerprint density at radius 1 is 1.06 bits per heavy atom. The number of alkyl halides is 2. The highest BCUT2D eigenvalue weighted by Gasteiger charge is 2.24. The predicted octanol–water partition coefficient (Wildman–Crippen LogP) is 4.19. The summed E-state index contributed by atoms with van der Waals surface area (Å²) in [6.07, 6.45) is 6.75. The van der Waals surface area contributed by atoms with Crippen molar-refractivity contribution in [1.29, 1.82) is 0 Å². The number of methoxy groups -OCH3 is 1. The monoisotopic (exact) mass is 494 g/mol. The second-order valence-electron chi connectivity index (χ2n) is 7.80. The van der Waals surface area contributed by atoms with Crippen molar-refractivity contribution in [2.75, 3.05) is 20.2 Å². The number of nitrogens with one attached hydrogen (secondary N) is 1. The average Bonchev–Trinajstić information content (AvgIpc) is 3.12. The van der Waals surface area contributed by atoms with Crippen LogP contribution in [0.5, 0.6) is 11.5 Å². The number of carbonyl (C=O) groups is 1. The zero-order chi connectivity index (χ0) is 24.6. The lowest BCUT2D eigenvalue weighted by molar-refractivity contribution is -0.116. The largest absolute Gasteiger partial charge is 0.493 e.